The Balaban J connectivity index is 0.000000241. The second-order valence-corrected chi connectivity index (χ2v) is 4.77. The molecule has 1 saturated heterocycles. The van der Waals surface area contributed by atoms with Gasteiger partial charge in [0.2, 0.25) is 0 Å². The van der Waals surface area contributed by atoms with Gasteiger partial charge in [-0.2, -0.15) is 0 Å². The van der Waals surface area contributed by atoms with Crippen molar-refractivity contribution >= 4 is 18.0 Å². The molecule has 1 rings (SSSR count). The fraction of sp³-hybridized carbons (Fsp3) is 0.909. The Labute approximate surface area is 91.5 Å². The molecule has 1 atom stereocenters. The molecule has 0 aromatic heterocycles. The van der Waals surface area contributed by atoms with E-state index in [2.05, 4.69) is 6.92 Å². The van der Waals surface area contributed by atoms with Crippen LogP contribution in [0.2, 0.25) is 0 Å². The van der Waals surface area contributed by atoms with Crippen molar-refractivity contribution in [2.45, 2.75) is 57.3 Å². The minimum atomic E-state index is -0.0475. The number of aliphatic hydroxyl groups is 1. The number of hydrogen-bond donors (Lipinski definition) is 1. The van der Waals surface area contributed by atoms with Crippen molar-refractivity contribution in [3.8, 4) is 0 Å². The molecule has 1 fully saturated rings. The number of aliphatic hydroxyl groups excluding tert-OH is 1. The van der Waals surface area contributed by atoms with Crippen molar-refractivity contribution in [2.75, 3.05) is 5.75 Å². The molecule has 0 radical (unpaired) electrons. The van der Waals surface area contributed by atoms with Gasteiger partial charge >= 0.3 is 0 Å². The minimum Gasteiger partial charge on any atom is -0.382 e. The van der Waals surface area contributed by atoms with Crippen molar-refractivity contribution in [2.24, 2.45) is 0 Å². The van der Waals surface area contributed by atoms with E-state index in [4.69, 9.17) is 5.11 Å². The van der Waals surface area contributed by atoms with Crippen LogP contribution in [0.25, 0.3) is 0 Å². The molecule has 1 N–H and O–H groups in total. The van der Waals surface area contributed by atoms with E-state index in [0.717, 1.165) is 31.3 Å². The van der Waals surface area contributed by atoms with Crippen LogP contribution in [0.4, 0.5) is 0 Å². The minimum absolute atomic E-state index is 0.0475. The molecular weight excluding hydrogens is 196 g/mol. The molecule has 1 heterocycles. The zero-order chi connectivity index (χ0) is 10.6. The highest BCUT2D eigenvalue weighted by Gasteiger charge is 2.08. The van der Waals surface area contributed by atoms with Crippen molar-refractivity contribution in [3.63, 3.8) is 0 Å². The molecule has 1 unspecified atom stereocenters. The molecule has 0 aromatic rings. The van der Waals surface area contributed by atoms with Gasteiger partial charge in [-0.15, -0.1) is 11.8 Å². The number of thioether (sulfide) groups is 1. The quantitative estimate of drug-likeness (QED) is 0.582. The number of rotatable bonds is 4. The predicted octanol–water partition coefficient (Wildman–Crippen LogP) is 2.99. The van der Waals surface area contributed by atoms with E-state index in [-0.39, 0.29) is 5.44 Å². The summed E-state index contributed by atoms with van der Waals surface area (Å²) in [6.07, 6.45) is 8.70. The lowest BCUT2D eigenvalue weighted by Gasteiger charge is -2.14. The van der Waals surface area contributed by atoms with Crippen LogP contribution in [0.5, 0.6) is 0 Å². The van der Waals surface area contributed by atoms with Crippen molar-refractivity contribution in [1.29, 1.82) is 0 Å². The summed E-state index contributed by atoms with van der Waals surface area (Å²) >= 11 is 1.67. The van der Waals surface area contributed by atoms with E-state index >= 15 is 0 Å². The van der Waals surface area contributed by atoms with Gasteiger partial charge in [0.1, 0.15) is 6.29 Å². The summed E-state index contributed by atoms with van der Waals surface area (Å²) in [7, 11) is 0. The molecule has 0 amide bonds. The third-order valence-corrected chi connectivity index (χ3v) is 3.23. The van der Waals surface area contributed by atoms with E-state index in [1.54, 1.807) is 11.8 Å². The number of carbonyl (C=O) groups is 1. The maximum Gasteiger partial charge on any atom is 0.119 e. The van der Waals surface area contributed by atoms with Crippen LogP contribution < -0.4 is 0 Å². The zero-order valence-electron chi connectivity index (χ0n) is 9.08. The summed E-state index contributed by atoms with van der Waals surface area (Å²) < 4.78 is 0. The maximum atomic E-state index is 9.68. The van der Waals surface area contributed by atoms with Crippen LogP contribution in [0, 0.1) is 0 Å². The Bertz CT molecular complexity index is 122. The largest absolute Gasteiger partial charge is 0.382 e. The van der Waals surface area contributed by atoms with Crippen molar-refractivity contribution < 1.29 is 9.90 Å². The highest BCUT2D eigenvalue weighted by molar-refractivity contribution is 7.99. The summed E-state index contributed by atoms with van der Waals surface area (Å²) in [6.45, 7) is 2.13. The summed E-state index contributed by atoms with van der Waals surface area (Å²) in [5.74, 6) is 1.15. The van der Waals surface area contributed by atoms with Gasteiger partial charge in [0.15, 0.2) is 0 Å². The average Bonchev–Trinajstić information content (AvgIpc) is 2.21. The van der Waals surface area contributed by atoms with Gasteiger partial charge in [0.25, 0.3) is 0 Å². The monoisotopic (exact) mass is 218 g/mol. The first kappa shape index (κ1) is 14.0. The van der Waals surface area contributed by atoms with Crippen molar-refractivity contribution in [1.82, 2.24) is 0 Å². The first-order valence-electron chi connectivity index (χ1n) is 5.54. The predicted molar refractivity (Wildman–Crippen MR) is 62.5 cm³/mol. The molecule has 1 aliphatic heterocycles. The second-order valence-electron chi connectivity index (χ2n) is 3.48. The molecular formula is C11H22O2S. The van der Waals surface area contributed by atoms with Crippen LogP contribution in [0.15, 0.2) is 0 Å². The molecule has 0 bridgehead atoms. The molecule has 1 aliphatic rings. The van der Waals surface area contributed by atoms with Gasteiger partial charge in [0.05, 0.1) is 5.44 Å². The lowest BCUT2D eigenvalue weighted by atomic mass is 10.2. The van der Waals surface area contributed by atoms with E-state index in [9.17, 15) is 4.79 Å². The van der Waals surface area contributed by atoms with E-state index in [1.807, 2.05) is 0 Å². The Hall–Kier alpha value is -0.0200. The van der Waals surface area contributed by atoms with Crippen LogP contribution in [-0.2, 0) is 4.79 Å². The standard InChI is InChI=1S/C6H12O.C5H10OS/c1-2-3-4-5-6-7;6-5-3-1-2-4-7-5/h6H,2-5H2,1H3;5-6H,1-4H2. The average molecular weight is 218 g/mol. The van der Waals surface area contributed by atoms with Crippen LogP contribution >= 0.6 is 11.8 Å². The summed E-state index contributed by atoms with van der Waals surface area (Å²) in [4.78, 5) is 9.68. The number of unbranched alkanes of at least 4 members (excludes halogenated alkanes) is 3. The van der Waals surface area contributed by atoms with Crippen molar-refractivity contribution in [3.05, 3.63) is 0 Å². The molecule has 0 saturated carbocycles. The SMILES string of the molecule is CCCCCC=O.OC1CCCCS1. The number of hydrogen-bond acceptors (Lipinski definition) is 3. The second kappa shape index (κ2) is 11.1. The van der Waals surface area contributed by atoms with Gasteiger partial charge in [0, 0.05) is 6.42 Å². The highest BCUT2D eigenvalue weighted by Crippen LogP contribution is 2.21. The van der Waals surface area contributed by atoms with Crippen LogP contribution in [0.3, 0.4) is 0 Å². The molecule has 2 nitrogen and oxygen atoms in total. The number of carbonyl (C=O) groups excluding carboxylic acids is 1. The number of aldehydes is 1. The van der Waals surface area contributed by atoms with Gasteiger partial charge in [-0.05, 0) is 31.4 Å². The smallest absolute Gasteiger partial charge is 0.119 e. The highest BCUT2D eigenvalue weighted by atomic mass is 32.2. The molecule has 0 aromatic carbocycles. The zero-order valence-corrected chi connectivity index (χ0v) is 9.89. The summed E-state index contributed by atoms with van der Waals surface area (Å²) in [5, 5.41) is 8.87. The van der Waals surface area contributed by atoms with Gasteiger partial charge < -0.3 is 9.90 Å². The third kappa shape index (κ3) is 10.1. The molecule has 84 valence electrons. The molecule has 0 aliphatic carbocycles. The van der Waals surface area contributed by atoms with Crippen LogP contribution in [-0.4, -0.2) is 22.6 Å². The summed E-state index contributed by atoms with van der Waals surface area (Å²) in [5.41, 5.74) is -0.0475. The van der Waals surface area contributed by atoms with E-state index in [1.165, 1.54) is 25.7 Å². The molecule has 14 heavy (non-hydrogen) atoms. The summed E-state index contributed by atoms with van der Waals surface area (Å²) in [6, 6.07) is 0. The lowest BCUT2D eigenvalue weighted by molar-refractivity contribution is -0.107. The Morgan fingerprint density at radius 1 is 1.43 bits per heavy atom. The van der Waals surface area contributed by atoms with Crippen LogP contribution in [0.1, 0.15) is 51.9 Å². The normalized spacial score (nSPS) is 20.9. The maximum absolute atomic E-state index is 9.68. The first-order valence-corrected chi connectivity index (χ1v) is 6.59. The Morgan fingerprint density at radius 2 is 2.21 bits per heavy atom. The molecule has 3 heteroatoms. The van der Waals surface area contributed by atoms with E-state index < -0.39 is 0 Å². The fourth-order valence-electron chi connectivity index (χ4n) is 1.20. The van der Waals surface area contributed by atoms with Gasteiger partial charge in [-0.1, -0.05) is 19.8 Å². The first-order chi connectivity index (χ1) is 6.81. The Kier molecular flexibility index (Phi) is 11.0. The molecule has 0 spiro atoms. The fourth-order valence-corrected chi connectivity index (χ4v) is 2.18. The third-order valence-electron chi connectivity index (χ3n) is 2.08. The van der Waals surface area contributed by atoms with E-state index in [0.29, 0.717) is 0 Å². The topological polar surface area (TPSA) is 37.3 Å². The van der Waals surface area contributed by atoms with Gasteiger partial charge in [-0.25, -0.2) is 0 Å². The Morgan fingerprint density at radius 3 is 2.57 bits per heavy atom. The lowest BCUT2D eigenvalue weighted by Crippen LogP contribution is -2.06. The van der Waals surface area contributed by atoms with Gasteiger partial charge in [-0.3, -0.25) is 0 Å².